The third-order valence-electron chi connectivity index (χ3n) is 1.20. The maximum atomic E-state index is 11.6. The first-order chi connectivity index (χ1) is 5.56. The minimum atomic E-state index is -1.72. The lowest BCUT2D eigenvalue weighted by Gasteiger charge is -1.93. The first kappa shape index (κ1) is 11.0. The summed E-state index contributed by atoms with van der Waals surface area (Å²) in [4.78, 5) is 0. The molecule has 0 rings (SSSR count). The molecule has 68 valence electrons. The molecule has 0 radical (unpaired) electrons. The predicted molar refractivity (Wildman–Crippen MR) is 44.9 cm³/mol. The fourth-order valence-electron chi connectivity index (χ4n) is 0.677. The molecule has 0 aromatic rings. The van der Waals surface area contributed by atoms with Gasteiger partial charge in [0.2, 0.25) is 0 Å². The average Bonchev–Trinajstić information content (AvgIpc) is 2.00. The number of allylic oxidation sites excluding steroid dienone is 4. The highest BCUT2D eigenvalue weighted by Gasteiger charge is 1.87. The molecule has 0 saturated carbocycles. The summed E-state index contributed by atoms with van der Waals surface area (Å²) < 4.78 is 23.1. The minimum Gasteiger partial charge on any atom is -0.392 e. The second-order valence-corrected chi connectivity index (χ2v) is 2.52. The van der Waals surface area contributed by atoms with Gasteiger partial charge in [0.1, 0.15) is 0 Å². The summed E-state index contributed by atoms with van der Waals surface area (Å²) in [5.41, 5.74) is 1.44. The van der Waals surface area contributed by atoms with E-state index in [1.165, 1.54) is 6.08 Å². The Morgan fingerprint density at radius 1 is 1.25 bits per heavy atom. The number of rotatable bonds is 3. The molecule has 0 aliphatic carbocycles. The second-order valence-electron chi connectivity index (χ2n) is 2.52. The van der Waals surface area contributed by atoms with E-state index < -0.39 is 6.08 Å². The van der Waals surface area contributed by atoms with E-state index in [1.54, 1.807) is 19.9 Å². The van der Waals surface area contributed by atoms with E-state index in [-0.39, 0.29) is 6.61 Å². The van der Waals surface area contributed by atoms with Crippen molar-refractivity contribution in [3.8, 4) is 0 Å². The van der Waals surface area contributed by atoms with Crippen molar-refractivity contribution in [1.82, 2.24) is 0 Å². The van der Waals surface area contributed by atoms with E-state index in [0.717, 1.165) is 11.6 Å². The summed E-state index contributed by atoms with van der Waals surface area (Å²) in [7, 11) is 0. The van der Waals surface area contributed by atoms with E-state index >= 15 is 0 Å². The summed E-state index contributed by atoms with van der Waals surface area (Å²) in [6, 6.07) is 0. The Labute approximate surface area is 70.7 Å². The van der Waals surface area contributed by atoms with E-state index in [4.69, 9.17) is 5.11 Å². The van der Waals surface area contributed by atoms with Crippen LogP contribution in [0.4, 0.5) is 8.78 Å². The van der Waals surface area contributed by atoms with Crippen LogP contribution in [0.2, 0.25) is 0 Å². The van der Waals surface area contributed by atoms with E-state index in [2.05, 4.69) is 0 Å². The smallest absolute Gasteiger partial charge is 0.270 e. The van der Waals surface area contributed by atoms with Gasteiger partial charge in [0.25, 0.3) is 6.08 Å². The van der Waals surface area contributed by atoms with Crippen LogP contribution in [0.3, 0.4) is 0 Å². The lowest BCUT2D eigenvalue weighted by molar-refractivity contribution is 0.331. The molecular weight excluding hydrogens is 162 g/mol. The molecule has 3 heteroatoms. The fraction of sp³-hybridized carbons (Fsp3) is 0.333. The van der Waals surface area contributed by atoms with Crippen molar-refractivity contribution >= 4 is 0 Å². The first-order valence-electron chi connectivity index (χ1n) is 3.54. The van der Waals surface area contributed by atoms with Crippen LogP contribution >= 0.6 is 0 Å². The largest absolute Gasteiger partial charge is 0.392 e. The zero-order valence-electron chi connectivity index (χ0n) is 7.14. The predicted octanol–water partition coefficient (Wildman–Crippen LogP) is 2.65. The van der Waals surface area contributed by atoms with Crippen LogP contribution in [0.1, 0.15) is 13.8 Å². The number of aliphatic hydroxyl groups excluding tert-OH is 1. The fourth-order valence-corrected chi connectivity index (χ4v) is 0.677. The molecular formula is C9H12F2O. The van der Waals surface area contributed by atoms with Gasteiger partial charge in [-0.25, -0.2) is 0 Å². The molecule has 0 fully saturated rings. The van der Waals surface area contributed by atoms with Gasteiger partial charge in [0.15, 0.2) is 0 Å². The van der Waals surface area contributed by atoms with Crippen molar-refractivity contribution in [1.29, 1.82) is 0 Å². The van der Waals surface area contributed by atoms with Crippen molar-refractivity contribution < 1.29 is 13.9 Å². The lowest BCUT2D eigenvalue weighted by Crippen LogP contribution is -1.83. The van der Waals surface area contributed by atoms with E-state index in [0.29, 0.717) is 5.57 Å². The molecule has 1 nitrogen and oxygen atoms in total. The summed E-state index contributed by atoms with van der Waals surface area (Å²) >= 11 is 0. The molecule has 0 aliphatic rings. The molecule has 0 aliphatic heterocycles. The summed E-state index contributed by atoms with van der Waals surface area (Å²) in [5.74, 6) is 0. The van der Waals surface area contributed by atoms with E-state index in [1.807, 2.05) is 0 Å². The third kappa shape index (κ3) is 5.80. The highest BCUT2D eigenvalue weighted by Crippen LogP contribution is 2.03. The van der Waals surface area contributed by atoms with Gasteiger partial charge in [-0.2, -0.15) is 8.78 Å². The lowest BCUT2D eigenvalue weighted by atomic mass is 10.2. The molecule has 12 heavy (non-hydrogen) atoms. The van der Waals surface area contributed by atoms with Crippen LogP contribution < -0.4 is 0 Å². The molecule has 0 heterocycles. The molecule has 0 atom stereocenters. The van der Waals surface area contributed by atoms with Crippen LogP contribution in [0.5, 0.6) is 0 Å². The monoisotopic (exact) mass is 174 g/mol. The molecule has 0 aromatic carbocycles. The molecule has 0 aromatic heterocycles. The van der Waals surface area contributed by atoms with Crippen molar-refractivity contribution in [3.63, 3.8) is 0 Å². The van der Waals surface area contributed by atoms with Crippen LogP contribution in [-0.2, 0) is 0 Å². The molecule has 0 amide bonds. The van der Waals surface area contributed by atoms with Crippen molar-refractivity contribution in [2.24, 2.45) is 0 Å². The van der Waals surface area contributed by atoms with Crippen LogP contribution in [0.25, 0.3) is 0 Å². The Morgan fingerprint density at radius 2 is 1.83 bits per heavy atom. The maximum Gasteiger partial charge on any atom is 0.270 e. The quantitative estimate of drug-likeness (QED) is 0.652. The molecule has 1 N–H and O–H groups in total. The van der Waals surface area contributed by atoms with E-state index in [9.17, 15) is 8.78 Å². The zero-order chi connectivity index (χ0) is 9.56. The van der Waals surface area contributed by atoms with Crippen LogP contribution in [-0.4, -0.2) is 11.7 Å². The highest BCUT2D eigenvalue weighted by atomic mass is 19.3. The Balaban J connectivity index is 4.30. The standard InChI is InChI=1S/C9H12F2O/c1-7(3-4-9(10)11)5-8(2)6-12/h3-5,12H,6H2,1-2H3/b7-3-,8-5-. The van der Waals surface area contributed by atoms with Gasteiger partial charge in [-0.15, -0.1) is 0 Å². The van der Waals surface area contributed by atoms with Gasteiger partial charge in [-0.3, -0.25) is 0 Å². The third-order valence-corrected chi connectivity index (χ3v) is 1.20. The highest BCUT2D eigenvalue weighted by molar-refractivity contribution is 5.24. The van der Waals surface area contributed by atoms with Crippen LogP contribution in [0.15, 0.2) is 35.5 Å². The van der Waals surface area contributed by atoms with Crippen molar-refractivity contribution in [2.45, 2.75) is 13.8 Å². The number of hydrogen-bond donors (Lipinski definition) is 1. The summed E-state index contributed by atoms with van der Waals surface area (Å²) in [6.07, 6.45) is 1.97. The second kappa shape index (κ2) is 5.66. The Hall–Kier alpha value is -0.960. The normalized spacial score (nSPS) is 13.1. The molecule has 0 spiro atoms. The van der Waals surface area contributed by atoms with Crippen molar-refractivity contribution in [3.05, 3.63) is 35.5 Å². The summed E-state index contributed by atoms with van der Waals surface area (Å²) in [6.45, 7) is 3.37. The topological polar surface area (TPSA) is 20.2 Å². The Bertz CT molecular complexity index is 223. The number of aliphatic hydroxyl groups is 1. The first-order valence-corrected chi connectivity index (χ1v) is 3.54. The van der Waals surface area contributed by atoms with Gasteiger partial charge in [-0.1, -0.05) is 17.7 Å². The minimum absolute atomic E-state index is 0.0486. The summed E-state index contributed by atoms with van der Waals surface area (Å²) in [5, 5.41) is 8.60. The molecule has 0 unspecified atom stereocenters. The SMILES string of the molecule is CC(=C/C=C(F)F)/C=C(/C)CO. The zero-order valence-corrected chi connectivity index (χ0v) is 7.14. The Kier molecular flexibility index (Phi) is 5.21. The molecule has 0 saturated heterocycles. The van der Waals surface area contributed by atoms with Gasteiger partial charge in [-0.05, 0) is 19.4 Å². The van der Waals surface area contributed by atoms with Crippen molar-refractivity contribution in [2.75, 3.05) is 6.61 Å². The number of hydrogen-bond acceptors (Lipinski definition) is 1. The van der Waals surface area contributed by atoms with Crippen LogP contribution in [0, 0.1) is 0 Å². The number of halogens is 2. The van der Waals surface area contributed by atoms with Gasteiger partial charge in [0.05, 0.1) is 6.61 Å². The van der Waals surface area contributed by atoms with Gasteiger partial charge in [0, 0.05) is 6.08 Å². The van der Waals surface area contributed by atoms with Gasteiger partial charge < -0.3 is 5.11 Å². The average molecular weight is 174 g/mol. The maximum absolute atomic E-state index is 11.6. The van der Waals surface area contributed by atoms with Gasteiger partial charge >= 0.3 is 0 Å². The Morgan fingerprint density at radius 3 is 2.25 bits per heavy atom. The molecule has 0 bridgehead atoms.